The molecule has 6 heteroatoms. The Morgan fingerprint density at radius 3 is 2.12 bits per heavy atom. The number of para-hydroxylation sites is 1. The molecule has 0 aliphatic rings. The molecule has 6 N–H and O–H groups in total. The molecule has 0 saturated heterocycles. The Labute approximate surface area is 141 Å². The maximum absolute atomic E-state index is 11.9. The minimum atomic E-state index is -0.370. The monoisotopic (exact) mass is 326 g/mol. The van der Waals surface area contributed by atoms with Crippen molar-refractivity contribution >= 4 is 28.9 Å². The highest BCUT2D eigenvalue weighted by atomic mass is 16.2. The van der Waals surface area contributed by atoms with Gasteiger partial charge in [0.1, 0.15) is 0 Å². The van der Waals surface area contributed by atoms with Gasteiger partial charge in [-0.3, -0.25) is 9.59 Å². The van der Waals surface area contributed by atoms with E-state index in [2.05, 4.69) is 10.6 Å². The van der Waals surface area contributed by atoms with Crippen LogP contribution >= 0.6 is 0 Å². The van der Waals surface area contributed by atoms with Crippen molar-refractivity contribution < 1.29 is 9.59 Å². The van der Waals surface area contributed by atoms with Crippen molar-refractivity contribution in [2.24, 2.45) is 5.73 Å². The summed E-state index contributed by atoms with van der Waals surface area (Å²) in [6.45, 7) is 0. The average Bonchev–Trinajstić information content (AvgIpc) is 2.56. The molecule has 24 heavy (non-hydrogen) atoms. The Kier molecular flexibility index (Phi) is 6.33. The lowest BCUT2D eigenvalue weighted by molar-refractivity contribution is -0.118. The van der Waals surface area contributed by atoms with Crippen LogP contribution in [0.4, 0.5) is 17.1 Å². The van der Waals surface area contributed by atoms with E-state index in [1.165, 1.54) is 0 Å². The van der Waals surface area contributed by atoms with Crippen LogP contribution in [0.5, 0.6) is 0 Å². The van der Waals surface area contributed by atoms with E-state index >= 15 is 0 Å². The third kappa shape index (κ3) is 6.10. The summed E-state index contributed by atoms with van der Waals surface area (Å²) < 4.78 is 0. The topological polar surface area (TPSA) is 110 Å². The van der Waals surface area contributed by atoms with Crippen LogP contribution in [-0.4, -0.2) is 17.9 Å². The fourth-order valence-electron chi connectivity index (χ4n) is 2.18. The molecule has 0 bridgehead atoms. The number of nitrogens with two attached hydrogens (primary N) is 2. The third-order valence-electron chi connectivity index (χ3n) is 3.44. The number of hydrogen-bond donors (Lipinski definition) is 4. The van der Waals surface area contributed by atoms with Gasteiger partial charge < -0.3 is 22.1 Å². The Morgan fingerprint density at radius 2 is 1.46 bits per heavy atom. The Hall–Kier alpha value is -2.86. The zero-order valence-electron chi connectivity index (χ0n) is 13.4. The zero-order chi connectivity index (χ0) is 17.4. The van der Waals surface area contributed by atoms with E-state index in [1.54, 1.807) is 24.3 Å². The standard InChI is InChI=1S/C18H22N4O2/c19-13-6-9-16(10-7-13)21-17(23)11-8-14(20)12-18(24)22-15-4-2-1-3-5-15/h1-7,9-10,14H,8,11-12,19-20H2,(H,21,23)(H,22,24). The smallest absolute Gasteiger partial charge is 0.225 e. The highest BCUT2D eigenvalue weighted by Gasteiger charge is 2.12. The van der Waals surface area contributed by atoms with E-state index in [9.17, 15) is 9.59 Å². The van der Waals surface area contributed by atoms with Gasteiger partial charge in [-0.25, -0.2) is 0 Å². The van der Waals surface area contributed by atoms with Crippen molar-refractivity contribution in [3.05, 3.63) is 54.6 Å². The molecule has 0 saturated carbocycles. The number of anilines is 3. The van der Waals surface area contributed by atoms with Gasteiger partial charge in [-0.05, 0) is 42.8 Å². The van der Waals surface area contributed by atoms with Gasteiger partial charge in [0.2, 0.25) is 11.8 Å². The number of hydrogen-bond acceptors (Lipinski definition) is 4. The first-order chi connectivity index (χ1) is 11.5. The molecule has 2 aromatic rings. The minimum Gasteiger partial charge on any atom is -0.399 e. The van der Waals surface area contributed by atoms with Crippen molar-refractivity contribution in [1.82, 2.24) is 0 Å². The molecule has 2 rings (SSSR count). The Morgan fingerprint density at radius 1 is 0.875 bits per heavy atom. The normalized spacial score (nSPS) is 11.5. The second-order valence-corrected chi connectivity index (χ2v) is 5.59. The van der Waals surface area contributed by atoms with Gasteiger partial charge in [0.25, 0.3) is 0 Å². The van der Waals surface area contributed by atoms with Gasteiger partial charge >= 0.3 is 0 Å². The number of nitrogens with one attached hydrogen (secondary N) is 2. The zero-order valence-corrected chi connectivity index (χ0v) is 13.4. The van der Waals surface area contributed by atoms with E-state index in [-0.39, 0.29) is 30.7 Å². The van der Waals surface area contributed by atoms with Gasteiger partial charge in [-0.1, -0.05) is 18.2 Å². The van der Waals surface area contributed by atoms with Crippen LogP contribution in [0.1, 0.15) is 19.3 Å². The number of carbonyl (C=O) groups is 2. The van der Waals surface area contributed by atoms with Crippen LogP contribution in [0, 0.1) is 0 Å². The molecule has 0 spiro atoms. The molecule has 1 atom stereocenters. The highest BCUT2D eigenvalue weighted by molar-refractivity contribution is 5.92. The predicted molar refractivity (Wildman–Crippen MR) is 96.4 cm³/mol. The number of rotatable bonds is 7. The first kappa shape index (κ1) is 17.5. The summed E-state index contributed by atoms with van der Waals surface area (Å²) in [6, 6.07) is 15.7. The molecule has 2 aromatic carbocycles. The maximum atomic E-state index is 11.9. The van der Waals surface area contributed by atoms with Crippen LogP contribution in [0.2, 0.25) is 0 Å². The summed E-state index contributed by atoms with van der Waals surface area (Å²) in [5.41, 5.74) is 13.6. The molecule has 0 aliphatic carbocycles. The Balaban J connectivity index is 1.70. The third-order valence-corrected chi connectivity index (χ3v) is 3.44. The van der Waals surface area contributed by atoms with Gasteiger partial charge in [-0.15, -0.1) is 0 Å². The molecule has 0 aromatic heterocycles. The lowest BCUT2D eigenvalue weighted by Gasteiger charge is -2.12. The molecular formula is C18H22N4O2. The van der Waals surface area contributed by atoms with Crippen LogP contribution in [0.25, 0.3) is 0 Å². The van der Waals surface area contributed by atoms with E-state index in [0.29, 0.717) is 17.8 Å². The number of nitrogen functional groups attached to an aromatic ring is 1. The van der Waals surface area contributed by atoms with E-state index in [1.807, 2.05) is 30.3 Å². The predicted octanol–water partition coefficient (Wildman–Crippen LogP) is 2.34. The summed E-state index contributed by atoms with van der Waals surface area (Å²) in [4.78, 5) is 23.8. The van der Waals surface area contributed by atoms with Crippen LogP contribution in [0.3, 0.4) is 0 Å². The van der Waals surface area contributed by atoms with Crippen molar-refractivity contribution in [2.45, 2.75) is 25.3 Å². The van der Waals surface area contributed by atoms with Crippen LogP contribution in [-0.2, 0) is 9.59 Å². The molecule has 0 fully saturated rings. The molecule has 0 heterocycles. The molecule has 0 radical (unpaired) electrons. The summed E-state index contributed by atoms with van der Waals surface area (Å²) in [5, 5.41) is 5.54. The fraction of sp³-hybridized carbons (Fsp3) is 0.222. The summed E-state index contributed by atoms with van der Waals surface area (Å²) in [6.07, 6.45) is 0.858. The SMILES string of the molecule is Nc1ccc(NC(=O)CCC(N)CC(=O)Nc2ccccc2)cc1. The molecule has 0 aliphatic heterocycles. The summed E-state index contributed by atoms with van der Waals surface area (Å²) >= 11 is 0. The van der Waals surface area contributed by atoms with E-state index in [4.69, 9.17) is 11.5 Å². The quantitative estimate of drug-likeness (QED) is 0.585. The van der Waals surface area contributed by atoms with Crippen LogP contribution < -0.4 is 22.1 Å². The van der Waals surface area contributed by atoms with Crippen molar-refractivity contribution in [1.29, 1.82) is 0 Å². The molecule has 1 unspecified atom stereocenters. The lowest BCUT2D eigenvalue weighted by Crippen LogP contribution is -2.28. The van der Waals surface area contributed by atoms with Gasteiger partial charge in [0.05, 0.1) is 0 Å². The van der Waals surface area contributed by atoms with Gasteiger partial charge in [-0.2, -0.15) is 0 Å². The van der Waals surface area contributed by atoms with Crippen molar-refractivity contribution in [2.75, 3.05) is 16.4 Å². The molecule has 2 amide bonds. The number of benzene rings is 2. The van der Waals surface area contributed by atoms with E-state index in [0.717, 1.165) is 5.69 Å². The highest BCUT2D eigenvalue weighted by Crippen LogP contribution is 2.12. The second-order valence-electron chi connectivity index (χ2n) is 5.59. The fourth-order valence-corrected chi connectivity index (χ4v) is 2.18. The van der Waals surface area contributed by atoms with Crippen molar-refractivity contribution in [3.63, 3.8) is 0 Å². The molecule has 6 nitrogen and oxygen atoms in total. The first-order valence-corrected chi connectivity index (χ1v) is 7.79. The average molecular weight is 326 g/mol. The number of carbonyl (C=O) groups excluding carboxylic acids is 2. The second kappa shape index (κ2) is 8.69. The van der Waals surface area contributed by atoms with Crippen LogP contribution in [0.15, 0.2) is 54.6 Å². The summed E-state index contributed by atoms with van der Waals surface area (Å²) in [5.74, 6) is -0.300. The maximum Gasteiger partial charge on any atom is 0.225 e. The van der Waals surface area contributed by atoms with E-state index < -0.39 is 0 Å². The summed E-state index contributed by atoms with van der Waals surface area (Å²) in [7, 11) is 0. The molecular weight excluding hydrogens is 304 g/mol. The molecule has 126 valence electrons. The number of amides is 2. The van der Waals surface area contributed by atoms with Crippen molar-refractivity contribution in [3.8, 4) is 0 Å². The van der Waals surface area contributed by atoms with Gasteiger partial charge in [0, 0.05) is 35.9 Å². The Bertz CT molecular complexity index is 671. The first-order valence-electron chi connectivity index (χ1n) is 7.79. The minimum absolute atomic E-state index is 0.140. The van der Waals surface area contributed by atoms with Gasteiger partial charge in [0.15, 0.2) is 0 Å². The largest absolute Gasteiger partial charge is 0.399 e. The lowest BCUT2D eigenvalue weighted by atomic mass is 10.1.